The monoisotopic (exact) mass is 523 g/mol. The molecule has 182 valence electrons. The van der Waals surface area contributed by atoms with E-state index in [1.807, 2.05) is 60.7 Å². The van der Waals surface area contributed by atoms with Gasteiger partial charge in [-0.1, -0.05) is 72.4 Å². The van der Waals surface area contributed by atoms with Crippen molar-refractivity contribution in [2.24, 2.45) is 0 Å². The normalized spacial score (nSPS) is 11.2. The van der Waals surface area contributed by atoms with Crippen molar-refractivity contribution < 1.29 is 9.15 Å². The van der Waals surface area contributed by atoms with Crippen molar-refractivity contribution >= 4 is 35.0 Å². The van der Waals surface area contributed by atoms with Gasteiger partial charge in [0.2, 0.25) is 5.89 Å². The van der Waals surface area contributed by atoms with Gasteiger partial charge in [-0.25, -0.2) is 15.1 Å². The number of methoxy groups -OCH3 is 1. The van der Waals surface area contributed by atoms with E-state index < -0.39 is 0 Å². The van der Waals surface area contributed by atoms with E-state index in [0.29, 0.717) is 11.6 Å². The molecule has 0 unspecified atom stereocenters. The molecule has 6 aromatic rings. The van der Waals surface area contributed by atoms with Crippen molar-refractivity contribution in [1.29, 1.82) is 0 Å². The lowest BCUT2D eigenvalue weighted by Gasteiger charge is -2.13. The van der Waals surface area contributed by atoms with Crippen molar-refractivity contribution in [3.8, 4) is 33.8 Å². The standard InChI is InChI=1S/C28H21N5O2S2/c1-34-21-14-12-20(13-15-21)33-25(19-10-6-3-7-11-19)23(18-8-4-2-5-9-18)24-26(33)29-17-30-27(24)37-16-22-31-32-28(36)35-22/h2-15,17H,16H2,1H3,(H,32,36). The second kappa shape index (κ2) is 10.0. The van der Waals surface area contributed by atoms with Gasteiger partial charge in [-0.2, -0.15) is 0 Å². The first-order valence-corrected chi connectivity index (χ1v) is 12.9. The summed E-state index contributed by atoms with van der Waals surface area (Å²) in [6, 6.07) is 28.7. The van der Waals surface area contributed by atoms with Crippen molar-refractivity contribution in [1.82, 2.24) is 24.7 Å². The van der Waals surface area contributed by atoms with Crippen LogP contribution in [0.4, 0.5) is 0 Å². The van der Waals surface area contributed by atoms with E-state index in [-0.39, 0.29) is 4.84 Å². The fourth-order valence-corrected chi connectivity index (χ4v) is 5.37. The Morgan fingerprint density at radius 1 is 0.919 bits per heavy atom. The van der Waals surface area contributed by atoms with E-state index in [1.54, 1.807) is 13.4 Å². The smallest absolute Gasteiger partial charge is 0.284 e. The number of rotatable bonds is 7. The first-order valence-electron chi connectivity index (χ1n) is 11.5. The molecule has 0 spiro atoms. The molecule has 0 aliphatic rings. The SMILES string of the molecule is COc1ccc(-n2c(-c3ccccc3)c(-c3ccccc3)c3c(SCc4n[nH]c(=S)o4)ncnc32)cc1. The first kappa shape index (κ1) is 23.2. The molecule has 3 heterocycles. The van der Waals surface area contributed by atoms with Gasteiger partial charge in [-0.05, 0) is 47.6 Å². The van der Waals surface area contributed by atoms with Gasteiger partial charge in [0.1, 0.15) is 22.7 Å². The number of hydrogen-bond donors (Lipinski definition) is 1. The Balaban J connectivity index is 1.66. The molecule has 3 aromatic heterocycles. The second-order valence-electron chi connectivity index (χ2n) is 8.16. The predicted molar refractivity (Wildman–Crippen MR) is 148 cm³/mol. The molecule has 3 aromatic carbocycles. The molecular weight excluding hydrogens is 502 g/mol. The zero-order valence-electron chi connectivity index (χ0n) is 19.8. The fourth-order valence-electron chi connectivity index (χ4n) is 4.39. The molecule has 0 bridgehead atoms. The van der Waals surface area contributed by atoms with Gasteiger partial charge in [-0.15, -0.1) is 5.10 Å². The lowest BCUT2D eigenvalue weighted by Crippen LogP contribution is -1.99. The van der Waals surface area contributed by atoms with Crippen LogP contribution in [0.5, 0.6) is 5.75 Å². The van der Waals surface area contributed by atoms with Crippen LogP contribution in [0.25, 0.3) is 39.1 Å². The molecule has 9 heteroatoms. The lowest BCUT2D eigenvalue weighted by atomic mass is 9.99. The van der Waals surface area contributed by atoms with Crippen molar-refractivity contribution in [2.75, 3.05) is 7.11 Å². The number of aromatic amines is 1. The summed E-state index contributed by atoms with van der Waals surface area (Å²) in [5.41, 5.74) is 6.02. The van der Waals surface area contributed by atoms with Crippen LogP contribution in [0.15, 0.2) is 101 Å². The van der Waals surface area contributed by atoms with Gasteiger partial charge in [-0.3, -0.25) is 4.57 Å². The summed E-state index contributed by atoms with van der Waals surface area (Å²) in [6.45, 7) is 0. The summed E-state index contributed by atoms with van der Waals surface area (Å²) in [6.07, 6.45) is 1.61. The number of fused-ring (bicyclic) bond motifs is 1. The summed E-state index contributed by atoms with van der Waals surface area (Å²) in [7, 11) is 1.67. The maximum atomic E-state index is 5.49. The molecule has 0 atom stereocenters. The van der Waals surface area contributed by atoms with Crippen molar-refractivity contribution in [3.63, 3.8) is 0 Å². The summed E-state index contributed by atoms with van der Waals surface area (Å²) in [4.78, 5) is 9.75. The number of nitrogens with one attached hydrogen (secondary N) is 1. The number of thioether (sulfide) groups is 1. The molecule has 0 amide bonds. The van der Waals surface area contributed by atoms with E-state index >= 15 is 0 Å². The Morgan fingerprint density at radius 3 is 2.27 bits per heavy atom. The molecule has 0 aliphatic heterocycles. The summed E-state index contributed by atoms with van der Waals surface area (Å²) >= 11 is 6.58. The highest BCUT2D eigenvalue weighted by Gasteiger charge is 2.25. The van der Waals surface area contributed by atoms with E-state index in [1.165, 1.54) is 11.8 Å². The largest absolute Gasteiger partial charge is 0.497 e. The molecule has 7 nitrogen and oxygen atoms in total. The third kappa shape index (κ3) is 4.43. The zero-order chi connectivity index (χ0) is 25.2. The minimum absolute atomic E-state index is 0.255. The van der Waals surface area contributed by atoms with Crippen LogP contribution in [0.2, 0.25) is 0 Å². The Labute approximate surface area is 222 Å². The van der Waals surface area contributed by atoms with Gasteiger partial charge in [0, 0.05) is 11.3 Å². The highest BCUT2D eigenvalue weighted by molar-refractivity contribution is 7.98. The highest BCUT2D eigenvalue weighted by atomic mass is 32.2. The van der Waals surface area contributed by atoms with Gasteiger partial charge >= 0.3 is 0 Å². The molecule has 6 rings (SSSR count). The van der Waals surface area contributed by atoms with Crippen LogP contribution in [0.3, 0.4) is 0 Å². The molecule has 1 N–H and O–H groups in total. The molecule has 0 saturated carbocycles. The third-order valence-corrected chi connectivity index (χ3v) is 7.12. The molecular formula is C28H21N5O2S2. The number of aromatic nitrogens is 5. The van der Waals surface area contributed by atoms with Gasteiger partial charge in [0.05, 0.1) is 23.9 Å². The summed E-state index contributed by atoms with van der Waals surface area (Å²) < 4.78 is 13.1. The maximum Gasteiger partial charge on any atom is 0.284 e. The number of nitrogens with zero attached hydrogens (tertiary/aromatic N) is 4. The van der Waals surface area contributed by atoms with Crippen molar-refractivity contribution in [2.45, 2.75) is 10.8 Å². The van der Waals surface area contributed by atoms with Gasteiger partial charge in [0.25, 0.3) is 4.84 Å². The highest BCUT2D eigenvalue weighted by Crippen LogP contribution is 2.45. The Hall–Kier alpha value is -4.21. The topological polar surface area (TPSA) is 81.8 Å². The zero-order valence-corrected chi connectivity index (χ0v) is 21.4. The predicted octanol–water partition coefficient (Wildman–Crippen LogP) is 7.10. The number of ether oxygens (including phenoxy) is 1. The lowest BCUT2D eigenvalue weighted by molar-refractivity contribution is 0.415. The summed E-state index contributed by atoms with van der Waals surface area (Å²) in [5.74, 6) is 1.78. The van der Waals surface area contributed by atoms with Crippen LogP contribution in [0.1, 0.15) is 5.89 Å². The van der Waals surface area contributed by atoms with Crippen LogP contribution in [-0.2, 0) is 5.75 Å². The minimum Gasteiger partial charge on any atom is -0.497 e. The number of H-pyrrole nitrogens is 1. The van der Waals surface area contributed by atoms with Crippen molar-refractivity contribution in [3.05, 3.63) is 102 Å². The molecule has 0 radical (unpaired) electrons. The molecule has 37 heavy (non-hydrogen) atoms. The average Bonchev–Trinajstić information content (AvgIpc) is 3.54. The molecule has 0 fully saturated rings. The minimum atomic E-state index is 0.255. The Bertz CT molecular complexity index is 1730. The number of benzene rings is 3. The van der Waals surface area contributed by atoms with E-state index in [4.69, 9.17) is 31.3 Å². The molecule has 0 saturated heterocycles. The first-order chi connectivity index (χ1) is 18.2. The van der Waals surface area contributed by atoms with E-state index in [9.17, 15) is 0 Å². The second-order valence-corrected chi connectivity index (χ2v) is 9.50. The van der Waals surface area contributed by atoms with Crippen LogP contribution < -0.4 is 4.74 Å². The van der Waals surface area contributed by atoms with Gasteiger partial charge in [0.15, 0.2) is 0 Å². The Morgan fingerprint density at radius 2 is 1.62 bits per heavy atom. The number of hydrogen-bond acceptors (Lipinski definition) is 7. The fraction of sp³-hybridized carbons (Fsp3) is 0.0714. The van der Waals surface area contributed by atoms with E-state index in [0.717, 1.165) is 49.9 Å². The molecule has 0 aliphatic carbocycles. The Kier molecular flexibility index (Phi) is 6.30. The maximum absolute atomic E-state index is 5.49. The average molecular weight is 524 g/mol. The van der Waals surface area contributed by atoms with Crippen LogP contribution >= 0.6 is 24.0 Å². The van der Waals surface area contributed by atoms with Crippen LogP contribution in [0, 0.1) is 4.84 Å². The van der Waals surface area contributed by atoms with Crippen LogP contribution in [-0.4, -0.2) is 31.8 Å². The summed E-state index contributed by atoms with van der Waals surface area (Å²) in [5, 5.41) is 8.62. The van der Waals surface area contributed by atoms with E-state index in [2.05, 4.69) is 39.0 Å². The third-order valence-electron chi connectivity index (χ3n) is 5.97. The quantitative estimate of drug-likeness (QED) is 0.136. The van der Waals surface area contributed by atoms with Gasteiger partial charge < -0.3 is 9.15 Å².